The predicted octanol–water partition coefficient (Wildman–Crippen LogP) is 4.76. The van der Waals surface area contributed by atoms with Gasteiger partial charge in [0.2, 0.25) is 11.6 Å². The Morgan fingerprint density at radius 3 is 2.51 bits per heavy atom. The molecule has 0 aliphatic rings. The summed E-state index contributed by atoms with van der Waals surface area (Å²) in [5.41, 5.74) is 8.65. The van der Waals surface area contributed by atoms with Gasteiger partial charge in [-0.2, -0.15) is 5.26 Å². The second-order valence-corrected chi connectivity index (χ2v) is 9.64. The maximum atomic E-state index is 10.1. The molecule has 4 N–H and O–H groups in total. The first kappa shape index (κ1) is 29.2. The van der Waals surface area contributed by atoms with Crippen molar-refractivity contribution < 1.29 is 28.8 Å². The van der Waals surface area contributed by atoms with Crippen LogP contribution in [-0.4, -0.2) is 53.7 Å². The number of rotatable bonds is 11. The van der Waals surface area contributed by atoms with Gasteiger partial charge in [-0.15, -0.1) is 0 Å². The number of nitrogens with zero attached hydrogens (tertiary/aromatic N) is 4. The van der Waals surface area contributed by atoms with E-state index in [1.165, 1.54) is 11.8 Å². The van der Waals surface area contributed by atoms with Crippen molar-refractivity contribution >= 4 is 23.3 Å². The summed E-state index contributed by atoms with van der Waals surface area (Å²) < 4.78 is 22.2. The average Bonchev–Trinajstić information content (AvgIpc) is 3.38. The van der Waals surface area contributed by atoms with Crippen molar-refractivity contribution in [1.29, 1.82) is 5.26 Å². The van der Waals surface area contributed by atoms with Crippen LogP contribution in [0.3, 0.4) is 0 Å². The lowest BCUT2D eigenvalue weighted by atomic mass is 10.00. The van der Waals surface area contributed by atoms with Gasteiger partial charge in [0.1, 0.15) is 52.6 Å². The minimum Gasteiger partial charge on any atom is -0.497 e. The largest absolute Gasteiger partial charge is 0.497 e. The Balaban J connectivity index is 1.65. The van der Waals surface area contributed by atoms with Crippen molar-refractivity contribution in [2.24, 2.45) is 0 Å². The number of pyridine rings is 1. The van der Waals surface area contributed by atoms with Gasteiger partial charge in [-0.1, -0.05) is 23.9 Å². The molecular weight excluding hydrogens is 546 g/mol. The molecule has 4 aromatic rings. The number of ether oxygens (including phenoxy) is 3. The van der Waals surface area contributed by atoms with Crippen LogP contribution in [0.1, 0.15) is 17.0 Å². The first-order valence-corrected chi connectivity index (χ1v) is 13.3. The third kappa shape index (κ3) is 6.36. The predicted molar refractivity (Wildman–Crippen MR) is 153 cm³/mol. The van der Waals surface area contributed by atoms with Gasteiger partial charge in [0.15, 0.2) is 0 Å². The summed E-state index contributed by atoms with van der Waals surface area (Å²) in [6.07, 6.45) is -1.00. The molecule has 0 unspecified atom stereocenters. The number of benzene rings is 2. The van der Waals surface area contributed by atoms with Crippen LogP contribution in [0.2, 0.25) is 0 Å². The molecule has 0 spiro atoms. The van der Waals surface area contributed by atoms with E-state index >= 15 is 0 Å². The second kappa shape index (κ2) is 13.1. The molecule has 11 nitrogen and oxygen atoms in total. The average molecular weight is 574 g/mol. The maximum absolute atomic E-state index is 10.1. The van der Waals surface area contributed by atoms with Gasteiger partial charge < -0.3 is 34.6 Å². The molecule has 0 aliphatic heterocycles. The van der Waals surface area contributed by atoms with Gasteiger partial charge in [-0.25, -0.2) is 14.8 Å². The number of thioether (sulfide) groups is 1. The third-order valence-electron chi connectivity index (χ3n) is 6.06. The summed E-state index contributed by atoms with van der Waals surface area (Å²) in [5, 5.41) is 29.0. The number of hydrogen-bond acceptors (Lipinski definition) is 11. The fourth-order valence-electron chi connectivity index (χ4n) is 3.93. The molecule has 210 valence electrons. The lowest BCUT2D eigenvalue weighted by Crippen LogP contribution is -2.21. The highest BCUT2D eigenvalue weighted by atomic mass is 32.2. The fourth-order valence-corrected chi connectivity index (χ4v) is 4.93. The van der Waals surface area contributed by atoms with Crippen molar-refractivity contribution in [2.75, 3.05) is 33.2 Å². The summed E-state index contributed by atoms with van der Waals surface area (Å²) in [7, 11) is 3.13. The van der Waals surface area contributed by atoms with E-state index in [0.29, 0.717) is 62.1 Å². The SMILES string of the molecule is [C-]#[N+]c1c(N)nc(SCc2nc(-c3cc(OC)ccc3OC)oc2C)c(C#N)c1-c1ccc(OC[C@@H](O)CO)cc1. The van der Waals surface area contributed by atoms with Crippen molar-refractivity contribution in [3.63, 3.8) is 0 Å². The Morgan fingerprint density at radius 1 is 1.15 bits per heavy atom. The van der Waals surface area contributed by atoms with Crippen LogP contribution < -0.4 is 19.9 Å². The van der Waals surface area contributed by atoms with E-state index in [2.05, 4.69) is 20.9 Å². The van der Waals surface area contributed by atoms with Gasteiger partial charge in [0.25, 0.3) is 0 Å². The summed E-state index contributed by atoms with van der Waals surface area (Å²) in [6, 6.07) is 14.2. The number of nitrogens with two attached hydrogens (primary N) is 1. The maximum Gasteiger partial charge on any atom is 0.236 e. The van der Waals surface area contributed by atoms with E-state index in [1.54, 1.807) is 63.6 Å². The Labute approximate surface area is 241 Å². The van der Waals surface area contributed by atoms with E-state index in [1.807, 2.05) is 0 Å². The molecule has 0 amide bonds. The number of nitriles is 1. The van der Waals surface area contributed by atoms with Crippen LogP contribution in [0.25, 0.3) is 27.4 Å². The number of aliphatic hydroxyl groups is 2. The zero-order chi connectivity index (χ0) is 29.5. The molecule has 2 aromatic heterocycles. The summed E-state index contributed by atoms with van der Waals surface area (Å²) in [4.78, 5) is 12.6. The highest BCUT2D eigenvalue weighted by molar-refractivity contribution is 7.98. The minimum absolute atomic E-state index is 0.00146. The van der Waals surface area contributed by atoms with Gasteiger partial charge in [0.05, 0.1) is 44.2 Å². The summed E-state index contributed by atoms with van der Waals surface area (Å²) >= 11 is 1.25. The number of hydrogen-bond donors (Lipinski definition) is 3. The van der Waals surface area contributed by atoms with Gasteiger partial charge in [-0.05, 0) is 42.8 Å². The Bertz CT molecular complexity index is 1620. The Morgan fingerprint density at radius 2 is 1.88 bits per heavy atom. The van der Waals surface area contributed by atoms with Crippen molar-refractivity contribution in [2.45, 2.75) is 23.8 Å². The second-order valence-electron chi connectivity index (χ2n) is 8.67. The number of methoxy groups -OCH3 is 2. The highest BCUT2D eigenvalue weighted by Crippen LogP contribution is 2.42. The first-order valence-electron chi connectivity index (χ1n) is 12.3. The zero-order valence-electron chi connectivity index (χ0n) is 22.5. The monoisotopic (exact) mass is 573 g/mol. The Hall–Kier alpha value is -4.75. The molecule has 41 heavy (non-hydrogen) atoms. The van der Waals surface area contributed by atoms with E-state index in [-0.39, 0.29) is 23.7 Å². The molecular formula is C29H27N5O6S. The lowest BCUT2D eigenvalue weighted by Gasteiger charge is -2.14. The van der Waals surface area contributed by atoms with E-state index in [9.17, 15) is 10.4 Å². The number of anilines is 1. The highest BCUT2D eigenvalue weighted by Gasteiger charge is 2.22. The smallest absolute Gasteiger partial charge is 0.236 e. The molecule has 12 heteroatoms. The normalized spacial score (nSPS) is 11.4. The number of aryl methyl sites for hydroxylation is 1. The fraction of sp³-hybridized carbons (Fsp3) is 0.241. The molecule has 0 radical (unpaired) electrons. The van der Waals surface area contributed by atoms with Crippen molar-refractivity contribution in [3.8, 4) is 45.9 Å². The van der Waals surface area contributed by atoms with Gasteiger partial charge >= 0.3 is 0 Å². The van der Waals surface area contributed by atoms with Crippen LogP contribution >= 0.6 is 11.8 Å². The third-order valence-corrected chi connectivity index (χ3v) is 7.05. The molecule has 2 heterocycles. The standard InChI is InChI=1S/C29H27N5O6S/c1-16-23(33-28(40-16)21-11-20(37-3)9-10-24(21)38-4)15-41-29-22(12-30)25(26(32-2)27(31)34-29)17-5-7-19(8-6-17)39-14-18(36)13-35/h5-11,18,35-36H,13-15H2,1,3-4H3,(H2,31,34)/t18-/m0/s1. The molecule has 0 aliphatic carbocycles. The molecule has 4 rings (SSSR count). The van der Waals surface area contributed by atoms with Gasteiger partial charge in [0, 0.05) is 11.3 Å². The van der Waals surface area contributed by atoms with Crippen LogP contribution in [0.5, 0.6) is 17.2 Å². The van der Waals surface area contributed by atoms with Crippen molar-refractivity contribution in [1.82, 2.24) is 9.97 Å². The van der Waals surface area contributed by atoms with Crippen LogP contribution in [-0.2, 0) is 5.75 Å². The number of aliphatic hydroxyl groups excluding tert-OH is 2. The first-order chi connectivity index (χ1) is 19.8. The summed E-state index contributed by atoms with van der Waals surface area (Å²) in [6.45, 7) is 8.97. The molecule has 2 aromatic carbocycles. The van der Waals surface area contributed by atoms with E-state index in [4.69, 9.17) is 36.0 Å². The topological polar surface area (TPSA) is 161 Å². The molecule has 0 saturated heterocycles. The molecule has 0 bridgehead atoms. The lowest BCUT2D eigenvalue weighted by molar-refractivity contribution is 0.0536. The van der Waals surface area contributed by atoms with E-state index in [0.717, 1.165) is 0 Å². The van der Waals surface area contributed by atoms with Gasteiger partial charge in [-0.3, -0.25) is 0 Å². The summed E-state index contributed by atoms with van der Waals surface area (Å²) in [5.74, 6) is 2.92. The Kier molecular flexibility index (Phi) is 9.32. The van der Waals surface area contributed by atoms with Crippen molar-refractivity contribution in [3.05, 3.63) is 70.9 Å². The van der Waals surface area contributed by atoms with E-state index < -0.39 is 12.7 Å². The zero-order valence-corrected chi connectivity index (χ0v) is 23.4. The van der Waals surface area contributed by atoms with Crippen LogP contribution in [0.15, 0.2) is 51.9 Å². The molecule has 0 fully saturated rings. The minimum atomic E-state index is -1.00. The van der Waals surface area contributed by atoms with Crippen LogP contribution in [0.4, 0.5) is 11.5 Å². The number of aromatic nitrogens is 2. The number of oxazole rings is 1. The quantitative estimate of drug-likeness (QED) is 0.168. The molecule has 1 atom stereocenters. The van der Waals surface area contributed by atoms with Crippen LogP contribution in [0, 0.1) is 24.8 Å². The molecule has 0 saturated carbocycles. The number of nitrogen functional groups attached to an aromatic ring is 1.